The Bertz CT molecular complexity index is 1360. The summed E-state index contributed by atoms with van der Waals surface area (Å²) in [7, 11) is 4.98. The van der Waals surface area contributed by atoms with Gasteiger partial charge in [-0.1, -0.05) is 92.1 Å². The Morgan fingerprint density at radius 2 is 1.51 bits per heavy atom. The van der Waals surface area contributed by atoms with Crippen molar-refractivity contribution in [2.24, 2.45) is 23.7 Å². The largest absolute Gasteiger partial charge is 0.379 e. The first-order valence-corrected chi connectivity index (χ1v) is 20.8. The molecular formula is C43H74N6O6. The average Bonchev–Trinajstić information content (AvgIpc) is 3.66. The molecule has 312 valence electrons. The lowest BCUT2D eigenvalue weighted by Crippen LogP contribution is -2.61. The van der Waals surface area contributed by atoms with Crippen LogP contribution in [-0.2, 0) is 28.7 Å². The van der Waals surface area contributed by atoms with Gasteiger partial charge < -0.3 is 35.2 Å². The number of piperazine rings is 1. The van der Waals surface area contributed by atoms with E-state index in [2.05, 4.69) is 53.8 Å². The summed E-state index contributed by atoms with van der Waals surface area (Å²) in [6.45, 7) is 21.9. The van der Waals surface area contributed by atoms with Gasteiger partial charge in [0.2, 0.25) is 23.6 Å². The van der Waals surface area contributed by atoms with Gasteiger partial charge >= 0.3 is 0 Å². The van der Waals surface area contributed by atoms with Crippen LogP contribution < -0.4 is 16.0 Å². The fraction of sp³-hybridized carbons (Fsp3) is 0.767. The normalized spacial score (nSPS) is 21.6. The fourth-order valence-electron chi connectivity index (χ4n) is 8.65. The monoisotopic (exact) mass is 771 g/mol. The third-order valence-corrected chi connectivity index (χ3v) is 12.4. The van der Waals surface area contributed by atoms with Crippen molar-refractivity contribution in [3.63, 3.8) is 0 Å². The molecule has 1 aromatic carbocycles. The highest BCUT2D eigenvalue weighted by Crippen LogP contribution is 2.30. The van der Waals surface area contributed by atoms with E-state index >= 15 is 0 Å². The maximum absolute atomic E-state index is 14.4. The number of nitrogens with one attached hydrogen (secondary N) is 3. The van der Waals surface area contributed by atoms with Crippen molar-refractivity contribution in [3.05, 3.63) is 35.9 Å². The number of carbonyl (C=O) groups is 4. The SMILES string of the molecule is CC[C@H](C)[C@@H](C(CC(=O)N1CCC[C@H]1[C@H](OC)[C@@H](C)C(=O)N[C@H](C)[C@@H](C)c1ccccc1)OC)N(C)C(=O)[C@@H](NC(=O)[C@H](C(C)C)N1CCNCC1)C(C)C. The first-order chi connectivity index (χ1) is 26.1. The van der Waals surface area contributed by atoms with Crippen LogP contribution in [0.3, 0.4) is 0 Å². The van der Waals surface area contributed by atoms with Crippen LogP contribution >= 0.6 is 0 Å². The fourth-order valence-corrected chi connectivity index (χ4v) is 8.65. The molecule has 3 N–H and O–H groups in total. The highest BCUT2D eigenvalue weighted by atomic mass is 16.5. The molecule has 12 nitrogen and oxygen atoms in total. The molecule has 1 aromatic rings. The number of nitrogens with zero attached hydrogens (tertiary/aromatic N) is 3. The summed E-state index contributed by atoms with van der Waals surface area (Å²) in [4.78, 5) is 61.9. The van der Waals surface area contributed by atoms with Gasteiger partial charge in [-0.15, -0.1) is 0 Å². The molecule has 10 atom stereocenters. The lowest BCUT2D eigenvalue weighted by atomic mass is 9.89. The molecule has 2 heterocycles. The van der Waals surface area contributed by atoms with Gasteiger partial charge in [0.25, 0.3) is 0 Å². The summed E-state index contributed by atoms with van der Waals surface area (Å²) in [6.07, 6.45) is 1.28. The molecular weight excluding hydrogens is 697 g/mol. The zero-order valence-corrected chi connectivity index (χ0v) is 36.0. The smallest absolute Gasteiger partial charge is 0.245 e. The standard InChI is InChI=1S/C43H74N6O6/c1-13-29(6)39(47(10)43(53)37(27(2)3)46-42(52)38(28(4)5)48-24-21-44-22-25-48)35(54-11)26-36(50)49-23-17-20-34(49)40(55-12)31(8)41(51)45-32(9)30(7)33-18-15-14-16-19-33/h14-16,18-19,27-32,34-35,37-40,44H,13,17,20-26H2,1-12H3,(H,45,51)(H,46,52)/t29-,30+,31+,32+,34-,35?,37-,38-,39-,40+/m0/s1. The molecule has 55 heavy (non-hydrogen) atoms. The second-order valence-corrected chi connectivity index (χ2v) is 16.8. The van der Waals surface area contributed by atoms with E-state index in [9.17, 15) is 19.2 Å². The molecule has 0 aliphatic carbocycles. The third-order valence-electron chi connectivity index (χ3n) is 12.4. The number of amides is 4. The lowest BCUT2D eigenvalue weighted by Gasteiger charge is -2.41. The molecule has 2 fully saturated rings. The zero-order chi connectivity index (χ0) is 41.0. The summed E-state index contributed by atoms with van der Waals surface area (Å²) in [5, 5.41) is 9.70. The van der Waals surface area contributed by atoms with Gasteiger partial charge in [-0.05, 0) is 43.1 Å². The number of benzene rings is 1. The summed E-state index contributed by atoms with van der Waals surface area (Å²) in [6, 6.07) is 8.27. The van der Waals surface area contributed by atoms with Gasteiger partial charge in [0, 0.05) is 66.0 Å². The van der Waals surface area contributed by atoms with E-state index in [-0.39, 0.29) is 71.8 Å². The first-order valence-electron chi connectivity index (χ1n) is 20.8. The Morgan fingerprint density at radius 3 is 2.05 bits per heavy atom. The van der Waals surface area contributed by atoms with Crippen molar-refractivity contribution < 1.29 is 28.7 Å². The van der Waals surface area contributed by atoms with Crippen molar-refractivity contribution in [1.29, 1.82) is 0 Å². The van der Waals surface area contributed by atoms with Crippen LogP contribution in [0.5, 0.6) is 0 Å². The highest BCUT2D eigenvalue weighted by molar-refractivity contribution is 5.90. The molecule has 4 amide bonds. The Morgan fingerprint density at radius 1 is 0.873 bits per heavy atom. The van der Waals surface area contributed by atoms with Crippen molar-refractivity contribution in [3.8, 4) is 0 Å². The van der Waals surface area contributed by atoms with Gasteiger partial charge in [0.05, 0.1) is 42.7 Å². The summed E-state index contributed by atoms with van der Waals surface area (Å²) >= 11 is 0. The molecule has 0 spiro atoms. The van der Waals surface area contributed by atoms with Crippen LogP contribution in [-0.4, -0.2) is 135 Å². The third kappa shape index (κ3) is 12.0. The molecule has 2 saturated heterocycles. The van der Waals surface area contributed by atoms with E-state index in [4.69, 9.17) is 9.47 Å². The van der Waals surface area contributed by atoms with Crippen LogP contribution in [0.25, 0.3) is 0 Å². The molecule has 0 radical (unpaired) electrons. The molecule has 2 aliphatic rings. The number of likely N-dealkylation sites (N-methyl/N-ethyl adjacent to an activating group) is 1. The van der Waals surface area contributed by atoms with Crippen LogP contribution in [0.15, 0.2) is 30.3 Å². The van der Waals surface area contributed by atoms with Crippen molar-refractivity contribution in [1.82, 2.24) is 30.7 Å². The van der Waals surface area contributed by atoms with E-state index in [1.165, 1.54) is 0 Å². The molecule has 0 saturated carbocycles. The van der Waals surface area contributed by atoms with E-state index in [0.29, 0.717) is 6.54 Å². The Kier molecular flexibility index (Phi) is 18.6. The lowest BCUT2D eigenvalue weighted by molar-refractivity contribution is -0.148. The van der Waals surface area contributed by atoms with E-state index in [1.54, 1.807) is 26.2 Å². The maximum atomic E-state index is 14.4. The van der Waals surface area contributed by atoms with Gasteiger partial charge in [0.1, 0.15) is 6.04 Å². The second-order valence-electron chi connectivity index (χ2n) is 16.8. The molecule has 2 aliphatic heterocycles. The zero-order valence-electron chi connectivity index (χ0n) is 36.0. The maximum Gasteiger partial charge on any atom is 0.245 e. The predicted molar refractivity (Wildman–Crippen MR) is 218 cm³/mol. The van der Waals surface area contributed by atoms with Crippen LogP contribution in [0.2, 0.25) is 0 Å². The average molecular weight is 771 g/mol. The Hall–Kier alpha value is -3.06. The topological polar surface area (TPSA) is 133 Å². The van der Waals surface area contributed by atoms with Gasteiger partial charge in [0.15, 0.2) is 0 Å². The minimum atomic E-state index is -0.738. The second kappa shape index (κ2) is 22.0. The number of hydrogen-bond acceptors (Lipinski definition) is 8. The predicted octanol–water partition coefficient (Wildman–Crippen LogP) is 4.29. The van der Waals surface area contributed by atoms with Crippen LogP contribution in [0.1, 0.15) is 99.5 Å². The molecule has 3 rings (SSSR count). The molecule has 0 bridgehead atoms. The number of rotatable bonds is 20. The van der Waals surface area contributed by atoms with Crippen LogP contribution in [0.4, 0.5) is 0 Å². The first kappa shape index (κ1) is 46.3. The van der Waals surface area contributed by atoms with Gasteiger partial charge in [-0.2, -0.15) is 0 Å². The van der Waals surface area contributed by atoms with Crippen LogP contribution in [0, 0.1) is 23.7 Å². The molecule has 0 aromatic heterocycles. The van der Waals surface area contributed by atoms with E-state index in [1.807, 2.05) is 64.6 Å². The van der Waals surface area contributed by atoms with E-state index in [0.717, 1.165) is 51.0 Å². The van der Waals surface area contributed by atoms with Crippen molar-refractivity contribution in [2.75, 3.05) is 54.0 Å². The number of ether oxygens (including phenoxy) is 2. The minimum absolute atomic E-state index is 0.00422. The molecule has 12 heteroatoms. The van der Waals surface area contributed by atoms with Gasteiger partial charge in [-0.3, -0.25) is 24.1 Å². The van der Waals surface area contributed by atoms with Crippen molar-refractivity contribution >= 4 is 23.6 Å². The summed E-state index contributed by atoms with van der Waals surface area (Å²) in [5.74, 6) is -0.966. The molecule has 1 unspecified atom stereocenters. The summed E-state index contributed by atoms with van der Waals surface area (Å²) in [5.41, 5.74) is 1.16. The number of likely N-dealkylation sites (tertiary alicyclic amines) is 1. The number of carbonyl (C=O) groups excluding carboxylic acids is 4. The minimum Gasteiger partial charge on any atom is -0.379 e. The summed E-state index contributed by atoms with van der Waals surface area (Å²) < 4.78 is 12.1. The van der Waals surface area contributed by atoms with Gasteiger partial charge in [-0.25, -0.2) is 0 Å². The Labute approximate surface area is 332 Å². The quantitative estimate of drug-likeness (QED) is 0.179. The number of methoxy groups -OCH3 is 2. The highest BCUT2D eigenvalue weighted by Gasteiger charge is 2.43. The van der Waals surface area contributed by atoms with E-state index < -0.39 is 30.2 Å². The Balaban J connectivity index is 1.76. The van der Waals surface area contributed by atoms with Crippen molar-refractivity contribution in [2.45, 2.75) is 136 Å². The number of hydrogen-bond donors (Lipinski definition) is 3.